The van der Waals surface area contributed by atoms with Gasteiger partial charge < -0.3 is 32.9 Å². The second-order valence-electron chi connectivity index (χ2n) is 18.4. The lowest BCUT2D eigenvalue weighted by atomic mass is 11.8. The molecular formula is C28H90O8Si12+2. The second kappa shape index (κ2) is 23.1. The van der Waals surface area contributed by atoms with Crippen molar-refractivity contribution < 1.29 is 38.9 Å². The quantitative estimate of drug-likeness (QED) is 0.176. The minimum absolute atomic E-state index is 0.667. The fourth-order valence-corrected chi connectivity index (χ4v) is 47.9. The molecule has 0 atom stereocenters. The van der Waals surface area contributed by atoms with Crippen molar-refractivity contribution in [3.63, 3.8) is 0 Å². The van der Waals surface area contributed by atoms with Gasteiger partial charge in [-0.25, -0.2) is 0 Å². The van der Waals surface area contributed by atoms with E-state index in [1.165, 1.54) is 0 Å². The number of rotatable bonds is 8. The van der Waals surface area contributed by atoms with Gasteiger partial charge in [0.2, 0.25) is 0 Å². The Morgan fingerprint density at radius 2 is 0.625 bits per heavy atom. The van der Waals surface area contributed by atoms with E-state index >= 15 is 0 Å². The molecule has 0 aromatic carbocycles. The Balaban J connectivity index is -0.000000129. The first-order valence-corrected chi connectivity index (χ1v) is 53.2. The molecule has 0 aromatic heterocycles. The monoisotopic (exact) mass is 894 g/mol. The fraction of sp³-hybridized carbons (Fsp3) is 0.929. The molecule has 1 heterocycles. The van der Waals surface area contributed by atoms with Crippen LogP contribution in [0.25, 0.3) is 0 Å². The smallest absolute Gasteiger partial charge is 0.396 e. The summed E-state index contributed by atoms with van der Waals surface area (Å²) in [6, 6.07) is 0. The van der Waals surface area contributed by atoms with Crippen LogP contribution in [0, 0.1) is 13.1 Å². The van der Waals surface area contributed by atoms with Crippen molar-refractivity contribution >= 4 is 104 Å². The molecule has 0 aliphatic carbocycles. The average molecular weight is 896 g/mol. The van der Waals surface area contributed by atoms with Crippen LogP contribution in [0.4, 0.5) is 0 Å². The fourth-order valence-electron chi connectivity index (χ4n) is 5.16. The standard InChI is InChI=1S/C8H24O4Si4.C6H16OSi2.2C5H16OSi2.C4H14OSi2.2H2/c1-13(2)9-14(3,4)11-16(7,8)12-15(5,6)10-13;1-8(2,3)7-9(4,5)6;2*1-7(2)6-8(3,4)5;1-6(2)5-7(3)4;;/h1-8H3;1,4H2,2-3,5-6H3;2*7H,1-5H3;6-7H,1-4H3;2*1H/q;+2;;;;;/i;;;;;2*1+1D. The van der Waals surface area contributed by atoms with E-state index in [-0.39, 0.29) is 0 Å². The molecule has 0 amide bonds. The third kappa shape index (κ3) is 50.1. The summed E-state index contributed by atoms with van der Waals surface area (Å²) in [5, 5.41) is 0. The average Bonchev–Trinajstić information content (AvgIpc) is 2.72. The molecule has 1 saturated heterocycles. The van der Waals surface area contributed by atoms with Crippen molar-refractivity contribution in [1.29, 1.82) is 0 Å². The zero-order valence-corrected chi connectivity index (χ0v) is 49.6. The van der Waals surface area contributed by atoms with Crippen molar-refractivity contribution in [2.24, 2.45) is 0 Å². The van der Waals surface area contributed by atoms with Crippen molar-refractivity contribution in [1.82, 2.24) is 0 Å². The Kier molecular flexibility index (Phi) is 25.0. The summed E-state index contributed by atoms with van der Waals surface area (Å²) in [5.74, 6) is 0. The minimum Gasteiger partial charge on any atom is -0.461 e. The molecule has 0 spiro atoms. The predicted molar refractivity (Wildman–Crippen MR) is 251 cm³/mol. The van der Waals surface area contributed by atoms with E-state index in [2.05, 4.69) is 183 Å². The highest BCUT2D eigenvalue weighted by Gasteiger charge is 2.50. The predicted octanol–water partition coefficient (Wildman–Crippen LogP) is 10.1. The van der Waals surface area contributed by atoms with Crippen LogP contribution >= 0.6 is 0 Å². The van der Waals surface area contributed by atoms with Crippen LogP contribution < -0.4 is 0 Å². The largest absolute Gasteiger partial charge is 0.461 e. The zero-order valence-electron chi connectivity index (χ0n) is 41.0. The minimum atomic E-state index is -2.11. The summed E-state index contributed by atoms with van der Waals surface area (Å²) < 4.78 is 67.3. The molecule has 8 nitrogen and oxygen atoms in total. The van der Waals surface area contributed by atoms with Gasteiger partial charge in [0.15, 0.2) is 52.8 Å². The summed E-state index contributed by atoms with van der Waals surface area (Å²) in [6.07, 6.45) is 0. The summed E-state index contributed by atoms with van der Waals surface area (Å²) in [4.78, 5) is 0. The lowest BCUT2D eigenvalue weighted by Gasteiger charge is -2.46. The molecule has 0 radical (unpaired) electrons. The lowest BCUT2D eigenvalue weighted by molar-refractivity contribution is 0.238. The second-order valence-corrected chi connectivity index (χ2v) is 60.6. The van der Waals surface area contributed by atoms with Gasteiger partial charge in [-0.15, -0.1) is 0 Å². The number of hydrogen-bond acceptors (Lipinski definition) is 8. The van der Waals surface area contributed by atoms with Gasteiger partial charge in [-0.05, 0) is 170 Å². The number of hydrogen-bond donors (Lipinski definition) is 0. The van der Waals surface area contributed by atoms with Crippen LogP contribution in [-0.4, -0.2) is 104 Å². The molecule has 1 aliphatic rings. The van der Waals surface area contributed by atoms with Gasteiger partial charge in [-0.1, -0.05) is 0 Å². The van der Waals surface area contributed by atoms with E-state index in [4.69, 9.17) is 38.9 Å². The van der Waals surface area contributed by atoms with Gasteiger partial charge in [0.1, 0.15) is 0 Å². The summed E-state index contributed by atoms with van der Waals surface area (Å²) in [5.41, 5.74) is 0. The molecule has 0 unspecified atom stereocenters. The highest BCUT2D eigenvalue weighted by Crippen LogP contribution is 2.30. The van der Waals surface area contributed by atoms with Gasteiger partial charge in [0.25, 0.3) is 0 Å². The first kappa shape index (κ1) is 52.1. The van der Waals surface area contributed by atoms with E-state index in [9.17, 15) is 0 Å². The third-order valence-electron chi connectivity index (χ3n) is 4.24. The van der Waals surface area contributed by atoms with Gasteiger partial charge in [0, 0.05) is 19.0 Å². The van der Waals surface area contributed by atoms with E-state index in [1.54, 1.807) is 0 Å². The maximum absolute atomic E-state index is 6.16. The zero-order chi connectivity index (χ0) is 44.0. The lowest BCUT2D eigenvalue weighted by Crippen LogP contribution is -2.64. The van der Waals surface area contributed by atoms with Crippen molar-refractivity contribution in [3.8, 4) is 0 Å². The van der Waals surface area contributed by atoms with Crippen LogP contribution in [0.1, 0.15) is 5.94 Å². The van der Waals surface area contributed by atoms with Gasteiger partial charge >= 0.3 is 50.9 Å². The third-order valence-corrected chi connectivity index (χ3v) is 38.2. The van der Waals surface area contributed by atoms with E-state index in [1.807, 2.05) is 0 Å². The highest BCUT2D eigenvalue weighted by atomic mass is 28.5. The molecule has 20 heteroatoms. The van der Waals surface area contributed by atoms with E-state index in [0.717, 1.165) is 0 Å². The van der Waals surface area contributed by atoms with Gasteiger partial charge in [-0.2, -0.15) is 0 Å². The summed E-state index contributed by atoms with van der Waals surface area (Å²) in [7, 11) is -16.6. The maximum atomic E-state index is 6.16. The molecule has 1 aliphatic heterocycles. The molecule has 0 saturated carbocycles. The normalized spacial score (nSPS) is 19.3. The molecule has 0 N–H and O–H groups in total. The van der Waals surface area contributed by atoms with Crippen LogP contribution in [0.3, 0.4) is 0 Å². The van der Waals surface area contributed by atoms with Crippen LogP contribution in [0.15, 0.2) is 0 Å². The Bertz CT molecular complexity index is 743. The van der Waals surface area contributed by atoms with E-state index in [0.29, 0.717) is 0 Å². The molecule has 1 fully saturated rings. The SMILES string of the molecule is C[SiH](C)O[SiH](C)C.C[SiH](C)O[Si](C)(C)C.C[SiH](C)O[Si](C)(C)C.C[Si]1(C)O[Si](C)(C)O[Si](C)(C)O[Si](C)(C)O1.[2H][2H].[2H][2H].[CH2+][Si](C)(C)O[Si]([CH2+])(C)C. The molecule has 296 valence electrons. The molecule has 0 aromatic rings. The van der Waals surface area contributed by atoms with Crippen molar-refractivity contribution in [2.75, 3.05) is 0 Å². The Morgan fingerprint density at radius 3 is 0.667 bits per heavy atom. The van der Waals surface area contributed by atoms with Crippen molar-refractivity contribution in [3.05, 3.63) is 13.1 Å². The molecular weight excluding hydrogens is 801 g/mol. The summed E-state index contributed by atoms with van der Waals surface area (Å²) in [6.45, 7) is 64.0. The van der Waals surface area contributed by atoms with Crippen molar-refractivity contribution in [2.45, 2.75) is 170 Å². The highest BCUT2D eigenvalue weighted by molar-refractivity contribution is 6.92. The van der Waals surface area contributed by atoms with Gasteiger partial charge in [-0.3, -0.25) is 0 Å². The van der Waals surface area contributed by atoms with Gasteiger partial charge in [0.05, 0.1) is 0 Å². The van der Waals surface area contributed by atoms with Crippen LogP contribution in [0.2, 0.25) is 170 Å². The van der Waals surface area contributed by atoms with Crippen LogP contribution in [-0.2, 0) is 32.9 Å². The van der Waals surface area contributed by atoms with Crippen LogP contribution in [0.5, 0.6) is 0 Å². The first-order valence-electron chi connectivity index (χ1n) is 19.7. The Hall–Kier alpha value is 2.02. The topological polar surface area (TPSA) is 73.8 Å². The maximum Gasteiger partial charge on any atom is 0.396 e. The molecule has 1 rings (SSSR count). The summed E-state index contributed by atoms with van der Waals surface area (Å²) >= 11 is 0. The first-order chi connectivity index (χ1) is 22.5. The Labute approximate surface area is 324 Å². The molecule has 48 heavy (non-hydrogen) atoms. The molecule has 0 bridgehead atoms. The van der Waals surface area contributed by atoms with E-state index < -0.39 is 104 Å². The Morgan fingerprint density at radius 1 is 0.438 bits per heavy atom.